The van der Waals surface area contributed by atoms with Gasteiger partial charge in [-0.2, -0.15) is 0 Å². The number of ether oxygens (including phenoxy) is 1. The Balaban J connectivity index is 2.13. The van der Waals surface area contributed by atoms with E-state index in [9.17, 15) is 4.39 Å². The Morgan fingerprint density at radius 2 is 1.95 bits per heavy atom. The third-order valence-corrected chi connectivity index (χ3v) is 4.79. The van der Waals surface area contributed by atoms with Gasteiger partial charge in [-0.15, -0.1) is 0 Å². The standard InChI is InChI=1S/C17H25ClFNO/c1-2-21-17(9-5-3-4-6-10-17)16(20)12-13-7-8-15(19)14(18)11-13/h7-8,11,16H,2-6,9-10,12,20H2,1H3. The van der Waals surface area contributed by atoms with E-state index in [0.717, 1.165) is 31.2 Å². The molecule has 1 aromatic rings. The molecule has 2 nitrogen and oxygen atoms in total. The SMILES string of the molecule is CCOC1(C(N)Cc2ccc(F)c(Cl)c2)CCCCCC1. The lowest BCUT2D eigenvalue weighted by Crippen LogP contribution is -2.51. The van der Waals surface area contributed by atoms with Crippen LogP contribution in [-0.2, 0) is 11.2 Å². The molecular formula is C17H25ClFNO. The van der Waals surface area contributed by atoms with E-state index in [2.05, 4.69) is 0 Å². The van der Waals surface area contributed by atoms with Gasteiger partial charge in [-0.1, -0.05) is 43.4 Å². The van der Waals surface area contributed by atoms with Gasteiger partial charge in [0.2, 0.25) is 0 Å². The van der Waals surface area contributed by atoms with Crippen molar-refractivity contribution in [3.63, 3.8) is 0 Å². The van der Waals surface area contributed by atoms with Crippen molar-refractivity contribution in [2.45, 2.75) is 63.5 Å². The molecule has 0 aliphatic heterocycles. The molecule has 1 aliphatic carbocycles. The van der Waals surface area contributed by atoms with Crippen LogP contribution in [0, 0.1) is 5.82 Å². The van der Waals surface area contributed by atoms with Crippen LogP contribution >= 0.6 is 11.6 Å². The van der Waals surface area contributed by atoms with Gasteiger partial charge in [0.25, 0.3) is 0 Å². The summed E-state index contributed by atoms with van der Waals surface area (Å²) in [4.78, 5) is 0. The monoisotopic (exact) mass is 313 g/mol. The average molecular weight is 314 g/mol. The van der Waals surface area contributed by atoms with Crippen LogP contribution in [0.2, 0.25) is 5.02 Å². The van der Waals surface area contributed by atoms with Crippen LogP contribution in [0.1, 0.15) is 51.0 Å². The molecule has 0 radical (unpaired) electrons. The Hall–Kier alpha value is -0.640. The number of hydrogen-bond acceptors (Lipinski definition) is 2. The molecule has 118 valence electrons. The van der Waals surface area contributed by atoms with E-state index in [-0.39, 0.29) is 22.5 Å². The number of nitrogens with two attached hydrogens (primary N) is 1. The van der Waals surface area contributed by atoms with Gasteiger partial charge in [-0.05, 0) is 43.9 Å². The quantitative estimate of drug-likeness (QED) is 0.813. The molecule has 0 spiro atoms. The van der Waals surface area contributed by atoms with Gasteiger partial charge in [0.05, 0.1) is 10.6 Å². The van der Waals surface area contributed by atoms with Crippen molar-refractivity contribution in [2.75, 3.05) is 6.61 Å². The largest absolute Gasteiger partial charge is 0.374 e. The third kappa shape index (κ3) is 4.18. The van der Waals surface area contributed by atoms with Crippen molar-refractivity contribution in [2.24, 2.45) is 5.73 Å². The van der Waals surface area contributed by atoms with Gasteiger partial charge >= 0.3 is 0 Å². The molecule has 1 aromatic carbocycles. The predicted octanol–water partition coefficient (Wildman–Crippen LogP) is 4.48. The van der Waals surface area contributed by atoms with Crippen molar-refractivity contribution >= 4 is 11.6 Å². The fraction of sp³-hybridized carbons (Fsp3) is 0.647. The summed E-state index contributed by atoms with van der Waals surface area (Å²) >= 11 is 5.86. The zero-order valence-corrected chi connectivity index (χ0v) is 13.5. The summed E-state index contributed by atoms with van der Waals surface area (Å²) in [5.41, 5.74) is 7.22. The predicted molar refractivity (Wildman–Crippen MR) is 85.1 cm³/mol. The van der Waals surface area contributed by atoms with Crippen molar-refractivity contribution in [1.29, 1.82) is 0 Å². The van der Waals surface area contributed by atoms with Crippen LogP contribution in [0.4, 0.5) is 4.39 Å². The molecule has 2 rings (SSSR count). The zero-order chi connectivity index (χ0) is 15.3. The smallest absolute Gasteiger partial charge is 0.141 e. The van der Waals surface area contributed by atoms with Gasteiger partial charge in [-0.25, -0.2) is 4.39 Å². The minimum atomic E-state index is -0.386. The summed E-state index contributed by atoms with van der Waals surface area (Å²) in [7, 11) is 0. The lowest BCUT2D eigenvalue weighted by molar-refractivity contribution is -0.0683. The highest BCUT2D eigenvalue weighted by Gasteiger charge is 2.37. The molecule has 0 aromatic heterocycles. The molecule has 0 amide bonds. The molecule has 1 unspecified atom stereocenters. The number of hydrogen-bond donors (Lipinski definition) is 1. The molecule has 0 heterocycles. The van der Waals surface area contributed by atoms with Gasteiger partial charge in [-0.3, -0.25) is 0 Å². The fourth-order valence-corrected chi connectivity index (χ4v) is 3.55. The Labute approximate surface area is 131 Å². The lowest BCUT2D eigenvalue weighted by atomic mass is 9.83. The topological polar surface area (TPSA) is 35.2 Å². The summed E-state index contributed by atoms with van der Waals surface area (Å²) < 4.78 is 19.4. The average Bonchev–Trinajstić information content (AvgIpc) is 2.70. The minimum absolute atomic E-state index is 0.0860. The van der Waals surface area contributed by atoms with Gasteiger partial charge in [0.15, 0.2) is 0 Å². The number of rotatable bonds is 5. The van der Waals surface area contributed by atoms with Crippen LogP contribution in [0.5, 0.6) is 0 Å². The van der Waals surface area contributed by atoms with E-state index in [1.807, 2.05) is 6.92 Å². The van der Waals surface area contributed by atoms with E-state index in [4.69, 9.17) is 22.1 Å². The van der Waals surface area contributed by atoms with E-state index in [1.165, 1.54) is 18.9 Å². The first kappa shape index (κ1) is 16.7. The highest BCUT2D eigenvalue weighted by molar-refractivity contribution is 6.30. The van der Waals surface area contributed by atoms with Crippen molar-refractivity contribution < 1.29 is 9.13 Å². The number of benzene rings is 1. The van der Waals surface area contributed by atoms with Crippen molar-refractivity contribution in [1.82, 2.24) is 0 Å². The molecule has 1 aliphatic rings. The molecule has 1 fully saturated rings. The van der Waals surface area contributed by atoms with E-state index in [0.29, 0.717) is 13.0 Å². The van der Waals surface area contributed by atoms with Gasteiger partial charge in [0.1, 0.15) is 5.82 Å². The van der Waals surface area contributed by atoms with Crippen LogP contribution in [0.3, 0.4) is 0 Å². The first-order chi connectivity index (χ1) is 10.1. The van der Waals surface area contributed by atoms with Crippen molar-refractivity contribution in [3.05, 3.63) is 34.6 Å². The van der Waals surface area contributed by atoms with E-state index in [1.54, 1.807) is 12.1 Å². The Bertz CT molecular complexity index is 458. The lowest BCUT2D eigenvalue weighted by Gasteiger charge is -2.38. The molecular weight excluding hydrogens is 289 g/mol. The van der Waals surface area contributed by atoms with Gasteiger partial charge in [0, 0.05) is 12.6 Å². The Morgan fingerprint density at radius 1 is 1.29 bits per heavy atom. The molecule has 1 saturated carbocycles. The molecule has 0 saturated heterocycles. The summed E-state index contributed by atoms with van der Waals surface area (Å²) in [6, 6.07) is 4.76. The first-order valence-electron chi connectivity index (χ1n) is 7.91. The fourth-order valence-electron chi connectivity index (χ4n) is 3.34. The highest BCUT2D eigenvalue weighted by atomic mass is 35.5. The van der Waals surface area contributed by atoms with Gasteiger partial charge < -0.3 is 10.5 Å². The zero-order valence-electron chi connectivity index (χ0n) is 12.7. The van der Waals surface area contributed by atoms with Crippen LogP contribution in [0.25, 0.3) is 0 Å². The minimum Gasteiger partial charge on any atom is -0.374 e. The maximum absolute atomic E-state index is 13.3. The molecule has 21 heavy (non-hydrogen) atoms. The van der Waals surface area contributed by atoms with Crippen molar-refractivity contribution in [3.8, 4) is 0 Å². The second-order valence-corrected chi connectivity index (χ2v) is 6.38. The normalized spacial score (nSPS) is 20.0. The van der Waals surface area contributed by atoms with Crippen LogP contribution < -0.4 is 5.73 Å². The molecule has 2 N–H and O–H groups in total. The summed E-state index contributed by atoms with van der Waals surface area (Å²) in [6.07, 6.45) is 7.53. The third-order valence-electron chi connectivity index (χ3n) is 4.50. The van der Waals surface area contributed by atoms with E-state index < -0.39 is 0 Å². The Kier molecular flexibility index (Phi) is 6.03. The molecule has 4 heteroatoms. The maximum atomic E-state index is 13.3. The molecule has 0 bridgehead atoms. The maximum Gasteiger partial charge on any atom is 0.141 e. The summed E-state index contributed by atoms with van der Waals surface area (Å²) in [5.74, 6) is -0.386. The molecule has 1 atom stereocenters. The van der Waals surface area contributed by atoms with Crippen LogP contribution in [0.15, 0.2) is 18.2 Å². The summed E-state index contributed by atoms with van der Waals surface area (Å²) in [6.45, 7) is 2.70. The van der Waals surface area contributed by atoms with E-state index >= 15 is 0 Å². The second kappa shape index (κ2) is 7.57. The highest BCUT2D eigenvalue weighted by Crippen LogP contribution is 2.34. The Morgan fingerprint density at radius 3 is 2.52 bits per heavy atom. The summed E-state index contributed by atoms with van der Waals surface area (Å²) in [5, 5.41) is 0.158. The second-order valence-electron chi connectivity index (χ2n) is 5.97. The first-order valence-corrected chi connectivity index (χ1v) is 8.28. The number of halogens is 2. The van der Waals surface area contributed by atoms with Crippen LogP contribution in [-0.4, -0.2) is 18.2 Å².